The fourth-order valence-electron chi connectivity index (χ4n) is 4.59. The lowest BCUT2D eigenvalue weighted by Gasteiger charge is -2.26. The van der Waals surface area contributed by atoms with Crippen LogP contribution in [0.1, 0.15) is 66.8 Å². The fourth-order valence-corrected chi connectivity index (χ4v) is 4.59. The lowest BCUT2D eigenvalue weighted by Crippen LogP contribution is -2.36. The van der Waals surface area contributed by atoms with Crippen molar-refractivity contribution in [3.8, 4) is 5.95 Å². The number of amides is 1. The molecular weight excluding hydrogens is 342 g/mol. The number of nitrogens with zero attached hydrogens (tertiary/aromatic N) is 4. The minimum absolute atomic E-state index is 0.0873. The second kappa shape index (κ2) is 7.29. The maximum Gasteiger partial charge on any atom is 0.274 e. The third kappa shape index (κ3) is 3.68. The van der Waals surface area contributed by atoms with E-state index in [1.807, 2.05) is 24.8 Å². The van der Waals surface area contributed by atoms with Gasteiger partial charge >= 0.3 is 0 Å². The first-order valence-corrected chi connectivity index (χ1v) is 9.97. The molecule has 7 heteroatoms. The minimum atomic E-state index is -0.310. The predicted octanol–water partition coefficient (Wildman–Crippen LogP) is 2.76. The highest BCUT2D eigenvalue weighted by molar-refractivity contribution is 5.92. The van der Waals surface area contributed by atoms with Crippen LogP contribution in [0.15, 0.2) is 16.9 Å². The van der Waals surface area contributed by atoms with E-state index in [1.54, 1.807) is 0 Å². The maximum absolute atomic E-state index is 13.1. The van der Waals surface area contributed by atoms with E-state index in [9.17, 15) is 9.59 Å². The monoisotopic (exact) mass is 369 g/mol. The molecule has 1 aliphatic heterocycles. The lowest BCUT2D eigenvalue weighted by atomic mass is 9.97. The molecule has 0 aromatic carbocycles. The van der Waals surface area contributed by atoms with Crippen molar-refractivity contribution < 1.29 is 4.79 Å². The van der Waals surface area contributed by atoms with Crippen molar-refractivity contribution in [2.45, 2.75) is 64.8 Å². The quantitative estimate of drug-likeness (QED) is 0.898. The van der Waals surface area contributed by atoms with Crippen LogP contribution >= 0.6 is 0 Å². The number of aromatic nitrogens is 4. The van der Waals surface area contributed by atoms with Crippen LogP contribution in [0.4, 0.5) is 0 Å². The summed E-state index contributed by atoms with van der Waals surface area (Å²) >= 11 is 0. The Labute approximate surface area is 158 Å². The topological polar surface area (TPSA) is 83.9 Å². The average Bonchev–Trinajstić information content (AvgIpc) is 3.35. The summed E-state index contributed by atoms with van der Waals surface area (Å²) in [5, 5.41) is 2.93. The zero-order valence-electron chi connectivity index (χ0n) is 16.1. The molecule has 0 spiro atoms. The highest BCUT2D eigenvalue weighted by Gasteiger charge is 2.33. The Kier molecular flexibility index (Phi) is 4.85. The lowest BCUT2D eigenvalue weighted by molar-refractivity contribution is 0.0712. The number of hydrogen-bond donors (Lipinski definition) is 1. The van der Waals surface area contributed by atoms with Gasteiger partial charge in [-0.05, 0) is 45.1 Å². The summed E-state index contributed by atoms with van der Waals surface area (Å²) < 4.78 is 1.26. The molecule has 144 valence electrons. The van der Waals surface area contributed by atoms with Crippen molar-refractivity contribution in [2.75, 3.05) is 6.54 Å². The summed E-state index contributed by atoms with van der Waals surface area (Å²) in [6.45, 7) is 4.48. The Morgan fingerprint density at radius 2 is 1.81 bits per heavy atom. The number of carbonyl (C=O) groups excluding carboxylic acids is 1. The Bertz CT molecular complexity index is 874. The summed E-state index contributed by atoms with van der Waals surface area (Å²) in [6, 6.07) is 3.51. The zero-order valence-corrected chi connectivity index (χ0v) is 16.1. The standard InChI is InChI=1S/C20H27N5O2/c1-13-10-14(2)22-20(21-13)25-18(26)12-17(23-25)19(27)24-9-5-8-16(24)11-15-6-3-4-7-15/h10,12,15-16,23H,3-9,11H2,1-2H3. The molecule has 1 N–H and O–H groups in total. The van der Waals surface area contributed by atoms with E-state index >= 15 is 0 Å². The molecule has 7 nitrogen and oxygen atoms in total. The summed E-state index contributed by atoms with van der Waals surface area (Å²) in [6.07, 6.45) is 8.40. The van der Waals surface area contributed by atoms with Crippen molar-refractivity contribution >= 4 is 5.91 Å². The van der Waals surface area contributed by atoms with E-state index in [1.165, 1.54) is 36.4 Å². The molecule has 1 aliphatic carbocycles. The molecule has 3 heterocycles. The van der Waals surface area contributed by atoms with Gasteiger partial charge in [-0.1, -0.05) is 25.7 Å². The molecule has 1 amide bonds. The van der Waals surface area contributed by atoms with Crippen molar-refractivity contribution in [1.29, 1.82) is 0 Å². The van der Waals surface area contributed by atoms with Crippen molar-refractivity contribution in [1.82, 2.24) is 24.6 Å². The van der Waals surface area contributed by atoms with Gasteiger partial charge in [0.2, 0.25) is 0 Å². The highest BCUT2D eigenvalue weighted by Crippen LogP contribution is 2.33. The van der Waals surface area contributed by atoms with Gasteiger partial charge in [-0.15, -0.1) is 0 Å². The van der Waals surface area contributed by atoms with Gasteiger partial charge in [-0.3, -0.25) is 14.7 Å². The average molecular weight is 369 g/mol. The number of nitrogens with one attached hydrogen (secondary N) is 1. The Balaban J connectivity index is 1.56. The Morgan fingerprint density at radius 1 is 1.11 bits per heavy atom. The van der Waals surface area contributed by atoms with Crippen molar-refractivity contribution in [3.05, 3.63) is 39.6 Å². The molecule has 2 aromatic heterocycles. The molecule has 0 bridgehead atoms. The largest absolute Gasteiger partial charge is 0.334 e. The third-order valence-electron chi connectivity index (χ3n) is 5.84. The number of hydrogen-bond acceptors (Lipinski definition) is 4. The van der Waals surface area contributed by atoms with Crippen LogP contribution in [0.3, 0.4) is 0 Å². The van der Waals surface area contributed by atoms with Crippen LogP contribution in [-0.2, 0) is 0 Å². The van der Waals surface area contributed by atoms with Gasteiger partial charge in [0.15, 0.2) is 0 Å². The van der Waals surface area contributed by atoms with Crippen LogP contribution in [0.2, 0.25) is 0 Å². The molecule has 2 aromatic rings. The zero-order chi connectivity index (χ0) is 19.0. The summed E-state index contributed by atoms with van der Waals surface area (Å²) in [7, 11) is 0. The van der Waals surface area contributed by atoms with Gasteiger partial charge in [-0.25, -0.2) is 9.97 Å². The van der Waals surface area contributed by atoms with Crippen LogP contribution in [-0.4, -0.2) is 43.1 Å². The number of H-pyrrole nitrogens is 1. The second-order valence-electron chi connectivity index (χ2n) is 7.97. The van der Waals surface area contributed by atoms with E-state index in [0.29, 0.717) is 11.7 Å². The van der Waals surface area contributed by atoms with Crippen LogP contribution in [0, 0.1) is 19.8 Å². The van der Waals surface area contributed by atoms with E-state index in [-0.39, 0.29) is 17.4 Å². The summed E-state index contributed by atoms with van der Waals surface area (Å²) in [5.41, 5.74) is 1.57. The molecule has 1 saturated carbocycles. The van der Waals surface area contributed by atoms with Crippen molar-refractivity contribution in [3.63, 3.8) is 0 Å². The fraction of sp³-hybridized carbons (Fsp3) is 0.600. The predicted molar refractivity (Wildman–Crippen MR) is 102 cm³/mol. The molecule has 1 saturated heterocycles. The number of aromatic amines is 1. The van der Waals surface area contributed by atoms with Gasteiger partial charge in [0, 0.05) is 30.0 Å². The molecule has 2 aliphatic rings. The molecule has 1 atom stereocenters. The third-order valence-corrected chi connectivity index (χ3v) is 5.84. The molecule has 0 radical (unpaired) electrons. The number of likely N-dealkylation sites (tertiary alicyclic amines) is 1. The molecular formula is C20H27N5O2. The molecule has 27 heavy (non-hydrogen) atoms. The number of rotatable bonds is 4. The molecule has 4 rings (SSSR count). The first kappa shape index (κ1) is 17.9. The van der Waals surface area contributed by atoms with Crippen LogP contribution in [0.5, 0.6) is 0 Å². The second-order valence-corrected chi connectivity index (χ2v) is 7.97. The first-order chi connectivity index (χ1) is 13.0. The van der Waals surface area contributed by atoms with Gasteiger partial charge < -0.3 is 4.90 Å². The Hall–Kier alpha value is -2.44. The molecule has 1 unspecified atom stereocenters. The van der Waals surface area contributed by atoms with Crippen LogP contribution < -0.4 is 5.56 Å². The van der Waals surface area contributed by atoms with E-state index in [2.05, 4.69) is 15.1 Å². The normalized spacial score (nSPS) is 20.5. The highest BCUT2D eigenvalue weighted by atomic mass is 16.2. The van der Waals surface area contributed by atoms with E-state index in [0.717, 1.165) is 43.1 Å². The van der Waals surface area contributed by atoms with Gasteiger partial charge in [0.1, 0.15) is 5.69 Å². The first-order valence-electron chi connectivity index (χ1n) is 9.97. The van der Waals surface area contributed by atoms with Crippen LogP contribution in [0.25, 0.3) is 5.95 Å². The summed E-state index contributed by atoms with van der Waals surface area (Å²) in [5.74, 6) is 0.937. The molecule has 2 fully saturated rings. The van der Waals surface area contributed by atoms with Gasteiger partial charge in [0.05, 0.1) is 0 Å². The van der Waals surface area contributed by atoms with Gasteiger partial charge in [0.25, 0.3) is 17.4 Å². The summed E-state index contributed by atoms with van der Waals surface area (Å²) in [4.78, 5) is 36.1. The van der Waals surface area contributed by atoms with Crippen molar-refractivity contribution in [2.24, 2.45) is 5.92 Å². The smallest absolute Gasteiger partial charge is 0.274 e. The maximum atomic E-state index is 13.1. The van der Waals surface area contributed by atoms with E-state index in [4.69, 9.17) is 0 Å². The van der Waals surface area contributed by atoms with Gasteiger partial charge in [-0.2, -0.15) is 4.68 Å². The number of carbonyl (C=O) groups is 1. The van der Waals surface area contributed by atoms with E-state index < -0.39 is 0 Å². The number of aryl methyl sites for hydroxylation is 2. The Morgan fingerprint density at radius 3 is 2.52 bits per heavy atom. The minimum Gasteiger partial charge on any atom is -0.334 e. The SMILES string of the molecule is Cc1cc(C)nc(-n2[nH]c(C(=O)N3CCCC3CC3CCCC3)cc2=O)n1.